The number of benzene rings is 2. The number of nitrogens with two attached hydrogens (primary N) is 1. The van der Waals surface area contributed by atoms with E-state index in [0.29, 0.717) is 70.1 Å². The highest BCUT2D eigenvalue weighted by Crippen LogP contribution is 2.39. The Kier molecular flexibility index (Phi) is 11.8. The zero-order valence-electron chi connectivity index (χ0n) is 29.8. The number of aryl methyl sites for hydroxylation is 3. The largest absolute Gasteiger partial charge is 0.351 e. The third kappa shape index (κ3) is 8.77. The zero-order valence-corrected chi connectivity index (χ0v) is 32.2. The summed E-state index contributed by atoms with van der Waals surface area (Å²) in [4.78, 5) is 58.1. The number of hydrogen-bond donors (Lipinski definition) is 1. The maximum absolute atomic E-state index is 15.1. The molecule has 4 amide bonds. The van der Waals surface area contributed by atoms with E-state index in [9.17, 15) is 9.59 Å². The molecule has 0 saturated carbocycles. The summed E-state index contributed by atoms with van der Waals surface area (Å²) in [5.74, 6) is 0.0413. The van der Waals surface area contributed by atoms with E-state index in [1.807, 2.05) is 63.2 Å². The summed E-state index contributed by atoms with van der Waals surface area (Å²) in [7, 11) is 0. The average molecular weight is 802 g/mol. The fourth-order valence-electron chi connectivity index (χ4n) is 8.20. The van der Waals surface area contributed by atoms with Crippen molar-refractivity contribution in [3.8, 4) is 0 Å². The summed E-state index contributed by atoms with van der Waals surface area (Å²) in [5, 5.41) is 0.694. The second-order valence-corrected chi connectivity index (χ2v) is 15.8. The molecule has 2 fully saturated rings. The number of aromatic nitrogens is 3. The predicted octanol–water partition coefficient (Wildman–Crippen LogP) is 5.69. The molecule has 2 aromatic carbocycles. The highest BCUT2D eigenvalue weighted by Gasteiger charge is 2.42. The monoisotopic (exact) mass is 800 g/mol. The van der Waals surface area contributed by atoms with Gasteiger partial charge in [-0.2, -0.15) is 0 Å². The lowest BCUT2D eigenvalue weighted by atomic mass is 9.92. The fraction of sp³-hybridized carbons (Fsp3) is 0.425. The van der Waals surface area contributed by atoms with Crippen molar-refractivity contribution >= 4 is 45.4 Å². The van der Waals surface area contributed by atoms with Gasteiger partial charge in [0.1, 0.15) is 6.04 Å². The molecule has 4 heterocycles. The second-order valence-electron chi connectivity index (χ2n) is 14.4. The first kappa shape index (κ1) is 37.1. The Balaban J connectivity index is 1.20. The number of halogens is 2. The summed E-state index contributed by atoms with van der Waals surface area (Å²) in [5.41, 5.74) is 11.0. The SMILES string of the molecule is NC(=O)N1CCC(CC(=O)N2CCN([C@H]3c4ccc(Cl)cc4CCc4cc(Br)cnc43)C[C@@H]2C(=O)N(CCCn2ccnc2)Cc2ccccc2)CC1. The van der Waals surface area contributed by atoms with E-state index < -0.39 is 12.1 Å². The molecule has 4 aromatic rings. The lowest BCUT2D eigenvalue weighted by Gasteiger charge is -2.45. The Morgan fingerprint density at radius 3 is 2.53 bits per heavy atom. The van der Waals surface area contributed by atoms with Gasteiger partial charge in [-0.15, -0.1) is 0 Å². The lowest BCUT2D eigenvalue weighted by Crippen LogP contribution is -2.62. The van der Waals surface area contributed by atoms with Gasteiger partial charge in [0.2, 0.25) is 11.8 Å². The lowest BCUT2D eigenvalue weighted by molar-refractivity contribution is -0.151. The average Bonchev–Trinajstić information content (AvgIpc) is 3.63. The van der Waals surface area contributed by atoms with Gasteiger partial charge in [0.25, 0.3) is 0 Å². The van der Waals surface area contributed by atoms with Gasteiger partial charge in [0.05, 0.1) is 18.1 Å². The van der Waals surface area contributed by atoms with Gasteiger partial charge in [0, 0.05) is 86.9 Å². The number of pyridine rings is 1. The Labute approximate surface area is 324 Å². The van der Waals surface area contributed by atoms with Gasteiger partial charge in [-0.1, -0.05) is 48.0 Å². The molecule has 3 aliphatic rings. The molecule has 0 spiro atoms. The minimum absolute atomic E-state index is 0.0193. The molecule has 2 N–H and O–H groups in total. The number of hydrogen-bond acceptors (Lipinski definition) is 6. The van der Waals surface area contributed by atoms with Crippen LogP contribution in [0.2, 0.25) is 5.02 Å². The molecule has 2 aromatic heterocycles. The number of amides is 4. The predicted molar refractivity (Wildman–Crippen MR) is 207 cm³/mol. The van der Waals surface area contributed by atoms with Crippen molar-refractivity contribution in [3.63, 3.8) is 0 Å². The molecule has 1 aliphatic carbocycles. The van der Waals surface area contributed by atoms with E-state index in [4.69, 9.17) is 22.3 Å². The van der Waals surface area contributed by atoms with E-state index in [0.717, 1.165) is 52.7 Å². The third-order valence-electron chi connectivity index (χ3n) is 11.0. The van der Waals surface area contributed by atoms with Gasteiger partial charge in [-0.05, 0) is 94.4 Å². The summed E-state index contributed by atoms with van der Waals surface area (Å²) >= 11 is 10.2. The van der Waals surface area contributed by atoms with Crippen molar-refractivity contribution in [1.82, 2.24) is 34.1 Å². The van der Waals surface area contributed by atoms with E-state index in [1.165, 1.54) is 5.56 Å². The van der Waals surface area contributed by atoms with Gasteiger partial charge in [0.15, 0.2) is 0 Å². The van der Waals surface area contributed by atoms with Crippen LogP contribution in [0.5, 0.6) is 0 Å². The van der Waals surface area contributed by atoms with Crippen LogP contribution in [0, 0.1) is 5.92 Å². The molecule has 278 valence electrons. The Hall–Kier alpha value is -4.26. The van der Waals surface area contributed by atoms with Crippen LogP contribution in [0.4, 0.5) is 4.79 Å². The van der Waals surface area contributed by atoms with Crippen LogP contribution in [0.3, 0.4) is 0 Å². The van der Waals surface area contributed by atoms with Crippen LogP contribution < -0.4 is 5.73 Å². The number of rotatable bonds is 10. The number of likely N-dealkylation sites (tertiary alicyclic amines) is 1. The fourth-order valence-corrected chi connectivity index (χ4v) is 8.77. The van der Waals surface area contributed by atoms with Gasteiger partial charge in [-0.25, -0.2) is 9.78 Å². The van der Waals surface area contributed by atoms with Gasteiger partial charge < -0.3 is 25.0 Å². The maximum atomic E-state index is 15.1. The van der Waals surface area contributed by atoms with Crippen molar-refractivity contribution in [2.75, 3.05) is 39.3 Å². The molecule has 13 heteroatoms. The molecule has 0 bridgehead atoms. The summed E-state index contributed by atoms with van der Waals surface area (Å²) < 4.78 is 2.95. The minimum atomic E-state index is -0.697. The number of nitrogens with zero attached hydrogens (tertiary/aromatic N) is 7. The molecule has 0 radical (unpaired) electrons. The van der Waals surface area contributed by atoms with Crippen LogP contribution in [0.25, 0.3) is 0 Å². The molecule has 11 nitrogen and oxygen atoms in total. The van der Waals surface area contributed by atoms with Crippen molar-refractivity contribution in [2.24, 2.45) is 11.7 Å². The van der Waals surface area contributed by atoms with E-state index in [1.54, 1.807) is 17.4 Å². The molecule has 2 saturated heterocycles. The number of piperidine rings is 1. The second kappa shape index (κ2) is 16.8. The topological polar surface area (TPSA) is 121 Å². The molecule has 7 rings (SSSR count). The zero-order chi connectivity index (χ0) is 36.9. The van der Waals surface area contributed by atoms with Crippen LogP contribution in [0.1, 0.15) is 59.7 Å². The van der Waals surface area contributed by atoms with Crippen molar-refractivity contribution in [2.45, 2.75) is 63.7 Å². The Morgan fingerprint density at radius 2 is 1.77 bits per heavy atom. The molecule has 53 heavy (non-hydrogen) atoms. The van der Waals surface area contributed by atoms with E-state index >= 15 is 4.79 Å². The third-order valence-corrected chi connectivity index (χ3v) is 11.7. The van der Waals surface area contributed by atoms with Gasteiger partial charge >= 0.3 is 6.03 Å². The molecule has 2 aliphatic heterocycles. The number of fused-ring (bicyclic) bond motifs is 2. The highest BCUT2D eigenvalue weighted by molar-refractivity contribution is 9.10. The first-order valence-corrected chi connectivity index (χ1v) is 19.7. The molecular weight excluding hydrogens is 756 g/mol. The molecular formula is C40H46BrClN8O3. The number of primary amides is 1. The number of urea groups is 1. The number of piperazine rings is 1. The number of imidazole rings is 1. The standard InChI is InChI=1S/C40H46BrClN8O3/c41-32-22-31-8-7-30-23-33(42)9-10-34(30)38(37(31)45-24-32)48-19-20-50(36(51)21-28-11-16-47(17-12-28)40(43)53)35(26-48)39(52)49(25-29-5-2-1-3-6-29)15-4-14-46-18-13-44-27-46/h1-3,5-6,9-10,13,18,22-24,27-28,35,38H,4,7-8,11-12,14-17,19-21,25-26H2,(H2,43,53)/t35-,38+/m1/s1. The van der Waals surface area contributed by atoms with Gasteiger partial charge in [-0.3, -0.25) is 19.5 Å². The van der Waals surface area contributed by atoms with Crippen molar-refractivity contribution in [1.29, 1.82) is 0 Å². The van der Waals surface area contributed by atoms with Crippen LogP contribution in [0.15, 0.2) is 84.0 Å². The first-order valence-electron chi connectivity index (χ1n) is 18.5. The summed E-state index contributed by atoms with van der Waals surface area (Å²) in [6.07, 6.45) is 11.5. The summed E-state index contributed by atoms with van der Waals surface area (Å²) in [6, 6.07) is 17.0. The minimum Gasteiger partial charge on any atom is -0.351 e. The van der Waals surface area contributed by atoms with Crippen LogP contribution in [-0.2, 0) is 35.5 Å². The Bertz CT molecular complexity index is 1850. The molecule has 0 unspecified atom stereocenters. The quantitative estimate of drug-likeness (QED) is 0.220. The smallest absolute Gasteiger partial charge is 0.314 e. The van der Waals surface area contributed by atoms with Crippen molar-refractivity contribution in [3.05, 3.63) is 117 Å². The summed E-state index contributed by atoms with van der Waals surface area (Å²) in [6.45, 7) is 4.13. The number of carbonyl (C=O) groups is 3. The van der Waals surface area contributed by atoms with Crippen LogP contribution >= 0.6 is 27.5 Å². The maximum Gasteiger partial charge on any atom is 0.314 e. The Morgan fingerprint density at radius 1 is 0.981 bits per heavy atom. The normalized spacial score (nSPS) is 19.3. The molecule has 2 atom stereocenters. The van der Waals surface area contributed by atoms with Crippen molar-refractivity contribution < 1.29 is 14.4 Å². The van der Waals surface area contributed by atoms with E-state index in [-0.39, 0.29) is 23.8 Å². The van der Waals surface area contributed by atoms with E-state index in [2.05, 4.69) is 44.0 Å². The van der Waals surface area contributed by atoms with Crippen LogP contribution in [-0.4, -0.2) is 97.3 Å². The first-order chi connectivity index (χ1) is 25.7. The highest BCUT2D eigenvalue weighted by atomic mass is 79.9. The number of carbonyl (C=O) groups excluding carboxylic acids is 3.